The molecule has 1 saturated heterocycles. The maximum Gasteiger partial charge on any atom is 0.225 e. The van der Waals surface area contributed by atoms with E-state index in [0.29, 0.717) is 11.9 Å². The van der Waals surface area contributed by atoms with Gasteiger partial charge in [0.25, 0.3) is 0 Å². The van der Waals surface area contributed by atoms with Crippen LogP contribution in [0.1, 0.15) is 65.2 Å². The smallest absolute Gasteiger partial charge is 0.225 e. The van der Waals surface area contributed by atoms with Crippen LogP contribution >= 0.6 is 0 Å². The molecule has 0 bridgehead atoms. The third-order valence-corrected chi connectivity index (χ3v) is 5.78. The number of hydrogen-bond donors (Lipinski definition) is 2. The minimum absolute atomic E-state index is 0.276. The third kappa shape index (κ3) is 7.68. The van der Waals surface area contributed by atoms with Crippen molar-refractivity contribution in [3.8, 4) is 0 Å². The van der Waals surface area contributed by atoms with Crippen LogP contribution in [0, 0.1) is 5.92 Å². The highest BCUT2D eigenvalue weighted by Gasteiger charge is 2.31. The number of likely N-dealkylation sites (tertiary alicyclic amines) is 1. The van der Waals surface area contributed by atoms with Crippen molar-refractivity contribution in [2.24, 2.45) is 10.9 Å². The molecule has 0 spiro atoms. The van der Waals surface area contributed by atoms with Crippen molar-refractivity contribution in [1.82, 2.24) is 20.4 Å². The molecule has 1 aliphatic carbocycles. The number of aliphatic imine (C=N–C) groups is 1. The number of unbranched alkanes of at least 4 members (excludes halogenated alkanes) is 1. The Morgan fingerprint density at radius 3 is 2.63 bits per heavy atom. The van der Waals surface area contributed by atoms with Gasteiger partial charge in [-0.15, -0.1) is 0 Å². The fraction of sp³-hybridized carbons (Fsp3) is 0.905. The van der Waals surface area contributed by atoms with E-state index in [1.807, 2.05) is 0 Å². The second kappa shape index (κ2) is 12.2. The monoisotopic (exact) mass is 379 g/mol. The summed E-state index contributed by atoms with van der Waals surface area (Å²) in [5.74, 6) is 1.55. The molecule has 0 radical (unpaired) electrons. The number of rotatable bonds is 9. The van der Waals surface area contributed by atoms with E-state index in [9.17, 15) is 4.79 Å². The van der Waals surface area contributed by atoms with Gasteiger partial charge in [-0.05, 0) is 46.2 Å². The highest BCUT2D eigenvalue weighted by Crippen LogP contribution is 2.26. The Labute approximate surface area is 166 Å². The van der Waals surface area contributed by atoms with Crippen molar-refractivity contribution >= 4 is 11.9 Å². The van der Waals surface area contributed by atoms with Gasteiger partial charge in [0.15, 0.2) is 5.96 Å². The molecule has 1 aliphatic heterocycles. The SMILES string of the molecule is CCCCN(C)CCN=C(NCC)NC1CCN(C(=O)C2CCCCC2)C1. The van der Waals surface area contributed by atoms with E-state index < -0.39 is 0 Å². The quantitative estimate of drug-likeness (QED) is 0.477. The standard InChI is InChI=1S/C21H41N5O/c1-4-6-14-25(3)16-13-23-21(22-5-2)24-19-12-15-26(17-19)20(27)18-10-8-7-9-11-18/h18-19H,4-17H2,1-3H3,(H2,22,23,24). The summed E-state index contributed by atoms with van der Waals surface area (Å²) < 4.78 is 0. The molecule has 0 aromatic rings. The Hall–Kier alpha value is -1.30. The van der Waals surface area contributed by atoms with Crippen LogP contribution in [0.15, 0.2) is 4.99 Å². The normalized spacial score (nSPS) is 21.7. The maximum absolute atomic E-state index is 12.7. The molecule has 1 saturated carbocycles. The summed E-state index contributed by atoms with van der Waals surface area (Å²) in [6, 6.07) is 0.313. The molecule has 2 N–H and O–H groups in total. The Morgan fingerprint density at radius 1 is 1.15 bits per heavy atom. The van der Waals surface area contributed by atoms with Crippen LogP contribution in [-0.2, 0) is 4.79 Å². The van der Waals surface area contributed by atoms with Crippen LogP contribution in [0.5, 0.6) is 0 Å². The van der Waals surface area contributed by atoms with Crippen LogP contribution in [-0.4, -0.2) is 74.0 Å². The fourth-order valence-electron chi connectivity index (χ4n) is 4.07. The summed E-state index contributed by atoms with van der Waals surface area (Å²) in [5.41, 5.74) is 0. The van der Waals surface area contributed by atoms with E-state index in [-0.39, 0.29) is 5.92 Å². The Bertz CT molecular complexity index is 461. The van der Waals surface area contributed by atoms with Gasteiger partial charge in [0.2, 0.25) is 5.91 Å². The topological polar surface area (TPSA) is 60.0 Å². The first-order chi connectivity index (χ1) is 13.1. The molecule has 2 aliphatic rings. The van der Waals surface area contributed by atoms with E-state index >= 15 is 0 Å². The number of hydrogen-bond acceptors (Lipinski definition) is 3. The second-order valence-corrected chi connectivity index (χ2v) is 8.17. The fourth-order valence-corrected chi connectivity index (χ4v) is 4.07. The zero-order valence-electron chi connectivity index (χ0n) is 17.8. The number of nitrogens with one attached hydrogen (secondary N) is 2. The molecule has 0 aromatic carbocycles. The largest absolute Gasteiger partial charge is 0.357 e. The van der Waals surface area contributed by atoms with Crippen molar-refractivity contribution in [1.29, 1.82) is 0 Å². The highest BCUT2D eigenvalue weighted by atomic mass is 16.2. The number of guanidine groups is 1. The minimum Gasteiger partial charge on any atom is -0.357 e. The maximum atomic E-state index is 12.7. The number of amides is 1. The molecular weight excluding hydrogens is 338 g/mol. The van der Waals surface area contributed by atoms with E-state index in [2.05, 4.69) is 41.3 Å². The van der Waals surface area contributed by atoms with E-state index in [4.69, 9.17) is 4.99 Å². The van der Waals surface area contributed by atoms with Crippen molar-refractivity contribution in [2.75, 3.05) is 46.3 Å². The van der Waals surface area contributed by atoms with Crippen LogP contribution in [0.2, 0.25) is 0 Å². The van der Waals surface area contributed by atoms with Gasteiger partial charge in [0.05, 0.1) is 6.54 Å². The Balaban J connectivity index is 1.76. The number of carbonyl (C=O) groups is 1. The average Bonchev–Trinajstić information content (AvgIpc) is 3.15. The lowest BCUT2D eigenvalue weighted by molar-refractivity contribution is -0.135. The van der Waals surface area contributed by atoms with Crippen molar-refractivity contribution in [3.05, 3.63) is 0 Å². The average molecular weight is 380 g/mol. The molecule has 6 heteroatoms. The summed E-state index contributed by atoms with van der Waals surface area (Å²) in [4.78, 5) is 21.9. The van der Waals surface area contributed by atoms with E-state index in [0.717, 1.165) is 64.5 Å². The third-order valence-electron chi connectivity index (χ3n) is 5.78. The first-order valence-corrected chi connectivity index (χ1v) is 11.2. The molecule has 1 unspecified atom stereocenters. The number of nitrogens with zero attached hydrogens (tertiary/aromatic N) is 3. The van der Waals surface area contributed by atoms with Gasteiger partial charge in [0.1, 0.15) is 0 Å². The van der Waals surface area contributed by atoms with Crippen LogP contribution in [0.3, 0.4) is 0 Å². The molecule has 27 heavy (non-hydrogen) atoms. The van der Waals surface area contributed by atoms with Gasteiger partial charge in [-0.1, -0.05) is 32.6 Å². The lowest BCUT2D eigenvalue weighted by Gasteiger charge is -2.26. The Morgan fingerprint density at radius 2 is 1.93 bits per heavy atom. The van der Waals surface area contributed by atoms with Crippen LogP contribution in [0.25, 0.3) is 0 Å². The predicted octanol–water partition coefficient (Wildman–Crippen LogP) is 2.45. The van der Waals surface area contributed by atoms with Crippen molar-refractivity contribution < 1.29 is 4.79 Å². The number of likely N-dealkylation sites (N-methyl/N-ethyl adjacent to an activating group) is 1. The lowest BCUT2D eigenvalue weighted by Crippen LogP contribution is -2.45. The van der Waals surface area contributed by atoms with Gasteiger partial charge in [-0.25, -0.2) is 0 Å². The molecule has 0 aromatic heterocycles. The van der Waals surface area contributed by atoms with Gasteiger partial charge in [-0.3, -0.25) is 9.79 Å². The molecule has 2 rings (SSSR count). The zero-order valence-corrected chi connectivity index (χ0v) is 17.8. The lowest BCUT2D eigenvalue weighted by atomic mass is 9.88. The van der Waals surface area contributed by atoms with Gasteiger partial charge < -0.3 is 20.4 Å². The van der Waals surface area contributed by atoms with Crippen LogP contribution < -0.4 is 10.6 Å². The summed E-state index contributed by atoms with van der Waals surface area (Å²) in [7, 11) is 2.16. The van der Waals surface area contributed by atoms with Crippen molar-refractivity contribution in [3.63, 3.8) is 0 Å². The molecule has 1 heterocycles. The molecule has 1 amide bonds. The molecule has 156 valence electrons. The van der Waals surface area contributed by atoms with Crippen LogP contribution in [0.4, 0.5) is 0 Å². The first-order valence-electron chi connectivity index (χ1n) is 11.2. The molecule has 1 atom stereocenters. The molecule has 6 nitrogen and oxygen atoms in total. The summed E-state index contributed by atoms with van der Waals surface area (Å²) >= 11 is 0. The predicted molar refractivity (Wildman–Crippen MR) is 113 cm³/mol. The van der Waals surface area contributed by atoms with Gasteiger partial charge in [-0.2, -0.15) is 0 Å². The first kappa shape index (κ1) is 22.0. The number of carbonyl (C=O) groups excluding carboxylic acids is 1. The molecular formula is C21H41N5O. The summed E-state index contributed by atoms with van der Waals surface area (Å²) in [5, 5.41) is 6.90. The zero-order chi connectivity index (χ0) is 19.5. The van der Waals surface area contributed by atoms with E-state index in [1.165, 1.54) is 32.1 Å². The van der Waals surface area contributed by atoms with Gasteiger partial charge in [0, 0.05) is 38.1 Å². The molecule has 2 fully saturated rings. The van der Waals surface area contributed by atoms with Gasteiger partial charge >= 0.3 is 0 Å². The van der Waals surface area contributed by atoms with Crippen molar-refractivity contribution in [2.45, 2.75) is 71.3 Å². The minimum atomic E-state index is 0.276. The Kier molecular flexibility index (Phi) is 9.95. The second-order valence-electron chi connectivity index (χ2n) is 8.17. The highest BCUT2D eigenvalue weighted by molar-refractivity contribution is 5.81. The summed E-state index contributed by atoms with van der Waals surface area (Å²) in [6.45, 7) is 9.79. The van der Waals surface area contributed by atoms with E-state index in [1.54, 1.807) is 0 Å². The summed E-state index contributed by atoms with van der Waals surface area (Å²) in [6.07, 6.45) is 9.39.